The number of carbonyl (C=O) groups excluding carboxylic acids is 2. The van der Waals surface area contributed by atoms with Crippen molar-refractivity contribution in [3.8, 4) is 5.75 Å². The van der Waals surface area contributed by atoms with Gasteiger partial charge in [-0.15, -0.1) is 0 Å². The highest BCUT2D eigenvalue weighted by Crippen LogP contribution is 2.38. The van der Waals surface area contributed by atoms with E-state index in [1.807, 2.05) is 70.2 Å². The normalized spacial score (nSPS) is 19.3. The van der Waals surface area contributed by atoms with Crippen LogP contribution in [-0.4, -0.2) is 48.1 Å². The monoisotopic (exact) mass is 436 g/mol. The molecule has 6 heteroatoms. The van der Waals surface area contributed by atoms with Gasteiger partial charge in [0.15, 0.2) is 5.78 Å². The van der Waals surface area contributed by atoms with E-state index in [4.69, 9.17) is 9.47 Å². The molecule has 6 nitrogen and oxygen atoms in total. The van der Waals surface area contributed by atoms with Crippen LogP contribution in [0.25, 0.3) is 6.08 Å². The number of nitrogens with zero attached hydrogens (tertiary/aromatic N) is 2. The first-order valence-electron chi connectivity index (χ1n) is 10.9. The summed E-state index contributed by atoms with van der Waals surface area (Å²) in [5.41, 5.74) is 1.47. The molecule has 3 rings (SSSR count). The number of Topliss-reactive ketones (excluding diaryl/α,β-unsaturated/α-hetero) is 1. The van der Waals surface area contributed by atoms with E-state index in [0.717, 1.165) is 11.3 Å². The van der Waals surface area contributed by atoms with Crippen LogP contribution < -0.4 is 4.74 Å². The van der Waals surface area contributed by atoms with Crippen LogP contribution in [0.3, 0.4) is 0 Å². The third-order valence-electron chi connectivity index (χ3n) is 5.80. The molecule has 1 aliphatic rings. The molecule has 1 aromatic carbocycles. The molecule has 32 heavy (non-hydrogen) atoms. The Labute approximate surface area is 190 Å². The van der Waals surface area contributed by atoms with Gasteiger partial charge in [-0.1, -0.05) is 45.9 Å². The molecular weight excluding hydrogens is 404 g/mol. The highest BCUT2D eigenvalue weighted by Gasteiger charge is 2.48. The molecule has 1 aromatic heterocycles. The van der Waals surface area contributed by atoms with Gasteiger partial charge in [0.1, 0.15) is 5.75 Å². The lowest BCUT2D eigenvalue weighted by atomic mass is 9.71. The number of carbonyl (C=O) groups is 2. The Kier molecular flexibility index (Phi) is 7.33. The highest BCUT2D eigenvalue weighted by atomic mass is 16.6. The quantitative estimate of drug-likeness (QED) is 0.609. The first kappa shape index (κ1) is 23.5. The maximum absolute atomic E-state index is 13.5. The number of hydrogen-bond acceptors (Lipinski definition) is 5. The van der Waals surface area contributed by atoms with E-state index >= 15 is 0 Å². The molecule has 0 spiro atoms. The number of aromatic nitrogens is 1. The summed E-state index contributed by atoms with van der Waals surface area (Å²) in [5.74, 6) is 1.01. The Balaban J connectivity index is 1.95. The number of piperidine rings is 1. The van der Waals surface area contributed by atoms with Crippen LogP contribution in [0.1, 0.15) is 39.0 Å². The van der Waals surface area contributed by atoms with Crippen LogP contribution in [0, 0.1) is 11.3 Å². The molecule has 1 atom stereocenters. The smallest absolute Gasteiger partial charge is 0.410 e. The van der Waals surface area contributed by atoms with Gasteiger partial charge in [-0.05, 0) is 48.2 Å². The molecule has 0 aliphatic carbocycles. The Hall–Kier alpha value is -3.15. The number of rotatable bonds is 6. The van der Waals surface area contributed by atoms with Crippen molar-refractivity contribution in [2.24, 2.45) is 11.3 Å². The average molecular weight is 437 g/mol. The lowest BCUT2D eigenvalue weighted by Crippen LogP contribution is -2.58. The summed E-state index contributed by atoms with van der Waals surface area (Å²) < 4.78 is 10.8. The maximum atomic E-state index is 13.5. The summed E-state index contributed by atoms with van der Waals surface area (Å²) in [6, 6.07) is 12.9. The standard InChI is InChI=1S/C26H32N2O4/c1-18(2)17-32-25(30)28-16-20(15-21-8-6-7-13-27-21)24(29)26(3,4)23(28)14-19-9-11-22(31-5)12-10-19/h6-13,15,18,23H,14,16-17H2,1-5H3. The van der Waals surface area contributed by atoms with Crippen molar-refractivity contribution in [3.63, 3.8) is 0 Å². The number of pyridine rings is 1. The third-order valence-corrected chi connectivity index (χ3v) is 5.80. The van der Waals surface area contributed by atoms with E-state index in [0.29, 0.717) is 24.3 Å². The van der Waals surface area contributed by atoms with Gasteiger partial charge in [0.2, 0.25) is 0 Å². The van der Waals surface area contributed by atoms with E-state index in [2.05, 4.69) is 4.98 Å². The molecule has 0 N–H and O–H groups in total. The van der Waals surface area contributed by atoms with Crippen molar-refractivity contribution < 1.29 is 19.1 Å². The third kappa shape index (κ3) is 5.36. The van der Waals surface area contributed by atoms with Gasteiger partial charge in [0, 0.05) is 17.2 Å². The van der Waals surface area contributed by atoms with Gasteiger partial charge in [-0.2, -0.15) is 0 Å². The van der Waals surface area contributed by atoms with Crippen LogP contribution in [0.15, 0.2) is 54.2 Å². The number of hydrogen-bond donors (Lipinski definition) is 0. The van der Waals surface area contributed by atoms with Crippen molar-refractivity contribution in [2.75, 3.05) is 20.3 Å². The van der Waals surface area contributed by atoms with Gasteiger partial charge in [-0.25, -0.2) is 4.79 Å². The topological polar surface area (TPSA) is 68.7 Å². The number of benzene rings is 1. The molecule has 0 saturated carbocycles. The van der Waals surface area contributed by atoms with Crippen molar-refractivity contribution in [2.45, 2.75) is 40.2 Å². The minimum atomic E-state index is -0.796. The summed E-state index contributed by atoms with van der Waals surface area (Å²) in [7, 11) is 1.62. The molecule has 2 aromatic rings. The molecule has 1 fully saturated rings. The average Bonchev–Trinajstić information content (AvgIpc) is 2.78. The molecule has 1 aliphatic heterocycles. The van der Waals surface area contributed by atoms with Crippen LogP contribution >= 0.6 is 0 Å². The fraction of sp³-hybridized carbons (Fsp3) is 0.423. The van der Waals surface area contributed by atoms with Crippen LogP contribution in [0.2, 0.25) is 0 Å². The van der Waals surface area contributed by atoms with Crippen molar-refractivity contribution in [1.82, 2.24) is 9.88 Å². The van der Waals surface area contributed by atoms with Gasteiger partial charge >= 0.3 is 6.09 Å². The minimum absolute atomic E-state index is 0.0228. The second kappa shape index (κ2) is 9.98. The Bertz CT molecular complexity index is 965. The van der Waals surface area contributed by atoms with Crippen LogP contribution in [0.5, 0.6) is 5.75 Å². The van der Waals surface area contributed by atoms with Crippen molar-refractivity contribution in [3.05, 3.63) is 65.5 Å². The molecule has 170 valence electrons. The highest BCUT2D eigenvalue weighted by molar-refractivity contribution is 6.05. The van der Waals surface area contributed by atoms with Crippen molar-refractivity contribution in [1.29, 1.82) is 0 Å². The van der Waals surface area contributed by atoms with E-state index in [-0.39, 0.29) is 24.3 Å². The fourth-order valence-electron chi connectivity index (χ4n) is 3.93. The summed E-state index contributed by atoms with van der Waals surface area (Å²) in [4.78, 5) is 32.6. The van der Waals surface area contributed by atoms with Gasteiger partial charge in [0.05, 0.1) is 32.0 Å². The van der Waals surface area contributed by atoms with Gasteiger partial charge in [0.25, 0.3) is 0 Å². The van der Waals surface area contributed by atoms with Crippen molar-refractivity contribution >= 4 is 18.0 Å². The predicted octanol–water partition coefficient (Wildman–Crippen LogP) is 4.79. The van der Waals surface area contributed by atoms with E-state index < -0.39 is 11.5 Å². The summed E-state index contributed by atoms with van der Waals surface area (Å²) in [6.45, 7) is 8.32. The molecule has 0 bridgehead atoms. The SMILES string of the molecule is COc1ccc(CC2N(C(=O)OCC(C)C)CC(=Cc3ccccn3)C(=O)C2(C)C)cc1. The number of likely N-dealkylation sites (tertiary alicyclic amines) is 1. The molecule has 2 heterocycles. The minimum Gasteiger partial charge on any atom is -0.497 e. The fourth-order valence-corrected chi connectivity index (χ4v) is 3.93. The molecule has 1 saturated heterocycles. The number of amides is 1. The molecule has 1 amide bonds. The van der Waals surface area contributed by atoms with E-state index in [1.54, 1.807) is 24.3 Å². The maximum Gasteiger partial charge on any atom is 0.410 e. The Morgan fingerprint density at radius 2 is 1.94 bits per heavy atom. The van der Waals surface area contributed by atoms with E-state index in [9.17, 15) is 9.59 Å². The first-order chi connectivity index (χ1) is 15.2. The molecule has 1 unspecified atom stereocenters. The zero-order valence-corrected chi connectivity index (χ0v) is 19.5. The van der Waals surface area contributed by atoms with Gasteiger partial charge in [-0.3, -0.25) is 14.7 Å². The summed E-state index contributed by atoms with van der Waals surface area (Å²) in [6.07, 6.45) is 3.60. The Morgan fingerprint density at radius 3 is 2.53 bits per heavy atom. The molecular formula is C26H32N2O4. The zero-order chi connectivity index (χ0) is 23.3. The first-order valence-corrected chi connectivity index (χ1v) is 10.9. The number of methoxy groups -OCH3 is 1. The lowest BCUT2D eigenvalue weighted by molar-refractivity contribution is -0.129. The predicted molar refractivity (Wildman–Crippen MR) is 124 cm³/mol. The molecule has 0 radical (unpaired) electrons. The Morgan fingerprint density at radius 1 is 1.22 bits per heavy atom. The summed E-state index contributed by atoms with van der Waals surface area (Å²) in [5, 5.41) is 0. The van der Waals surface area contributed by atoms with E-state index in [1.165, 1.54) is 0 Å². The number of ketones is 1. The summed E-state index contributed by atoms with van der Waals surface area (Å²) >= 11 is 0. The lowest BCUT2D eigenvalue weighted by Gasteiger charge is -2.45. The van der Waals surface area contributed by atoms with Crippen LogP contribution in [0.4, 0.5) is 4.79 Å². The van der Waals surface area contributed by atoms with Crippen LogP contribution in [-0.2, 0) is 16.0 Å². The van der Waals surface area contributed by atoms with Gasteiger partial charge < -0.3 is 9.47 Å². The number of ether oxygens (including phenoxy) is 2. The second-order valence-electron chi connectivity index (χ2n) is 9.14. The largest absolute Gasteiger partial charge is 0.497 e. The second-order valence-corrected chi connectivity index (χ2v) is 9.14. The zero-order valence-electron chi connectivity index (χ0n) is 19.5.